The normalized spacial score (nSPS) is 11.0. The highest BCUT2D eigenvalue weighted by atomic mass is 15.0. The Bertz CT molecular complexity index is 2950. The molecule has 0 unspecified atom stereocenters. The summed E-state index contributed by atoms with van der Waals surface area (Å²) in [6.07, 6.45) is 3.69. The van der Waals surface area contributed by atoms with Crippen LogP contribution in [-0.2, 0) is 0 Å². The second kappa shape index (κ2) is 16.3. The summed E-state index contributed by atoms with van der Waals surface area (Å²) in [6, 6.07) is 67.5. The number of hydrogen-bond acceptors (Lipinski definition) is 7. The average molecular weight is 770 g/mol. The average Bonchev–Trinajstić information content (AvgIpc) is 3.35. The lowest BCUT2D eigenvalue weighted by atomic mass is 9.88. The van der Waals surface area contributed by atoms with Gasteiger partial charge in [-0.3, -0.25) is 4.98 Å². The van der Waals surface area contributed by atoms with Gasteiger partial charge in [0.1, 0.15) is 0 Å². The van der Waals surface area contributed by atoms with Gasteiger partial charge in [0.15, 0.2) is 34.9 Å². The molecule has 0 aliphatic rings. The zero-order valence-corrected chi connectivity index (χ0v) is 32.3. The van der Waals surface area contributed by atoms with Crippen molar-refractivity contribution in [3.8, 4) is 102 Å². The lowest BCUT2D eigenvalue weighted by molar-refractivity contribution is 1.07. The number of hydrogen-bond donors (Lipinski definition) is 0. The molecule has 0 saturated carbocycles. The van der Waals surface area contributed by atoms with Gasteiger partial charge in [0.05, 0.1) is 0 Å². The highest BCUT2D eigenvalue weighted by Crippen LogP contribution is 2.41. The van der Waals surface area contributed by atoms with Crippen LogP contribution in [0.15, 0.2) is 213 Å². The van der Waals surface area contributed by atoms with E-state index in [0.717, 1.165) is 66.8 Å². The van der Waals surface area contributed by atoms with E-state index in [9.17, 15) is 0 Å². The molecule has 0 aliphatic heterocycles. The van der Waals surface area contributed by atoms with Crippen LogP contribution in [0, 0.1) is 0 Å². The van der Waals surface area contributed by atoms with E-state index in [4.69, 9.17) is 29.9 Å². The smallest absolute Gasteiger partial charge is 0.164 e. The molecule has 0 atom stereocenters. The van der Waals surface area contributed by atoms with E-state index in [-0.39, 0.29) is 0 Å². The lowest BCUT2D eigenvalue weighted by Gasteiger charge is -2.17. The molecule has 0 radical (unpaired) electrons. The molecule has 10 rings (SSSR count). The summed E-state index contributed by atoms with van der Waals surface area (Å²) in [5.41, 5.74) is 11.5. The molecule has 0 N–H and O–H groups in total. The van der Waals surface area contributed by atoms with Gasteiger partial charge in [0, 0.05) is 51.3 Å². The van der Waals surface area contributed by atoms with E-state index in [2.05, 4.69) is 71.7 Å². The number of pyridine rings is 1. The fourth-order valence-corrected chi connectivity index (χ4v) is 7.34. The maximum atomic E-state index is 5.12. The van der Waals surface area contributed by atoms with E-state index >= 15 is 0 Å². The van der Waals surface area contributed by atoms with Crippen molar-refractivity contribution < 1.29 is 0 Å². The summed E-state index contributed by atoms with van der Waals surface area (Å²) in [5, 5.41) is 0. The Labute approximate surface area is 347 Å². The van der Waals surface area contributed by atoms with Crippen LogP contribution < -0.4 is 0 Å². The first-order chi connectivity index (χ1) is 29.7. The lowest BCUT2D eigenvalue weighted by Crippen LogP contribution is -2.01. The second-order valence-electron chi connectivity index (χ2n) is 14.2. The molecule has 0 amide bonds. The van der Waals surface area contributed by atoms with Crippen molar-refractivity contribution in [1.82, 2.24) is 34.9 Å². The molecule has 282 valence electrons. The van der Waals surface area contributed by atoms with Crippen molar-refractivity contribution in [2.24, 2.45) is 0 Å². The van der Waals surface area contributed by atoms with Crippen molar-refractivity contribution in [1.29, 1.82) is 0 Å². The highest BCUT2D eigenvalue weighted by molar-refractivity contribution is 5.93. The maximum absolute atomic E-state index is 5.12. The van der Waals surface area contributed by atoms with Gasteiger partial charge in [-0.15, -0.1) is 0 Å². The first kappa shape index (κ1) is 36.1. The molecule has 0 bridgehead atoms. The molecule has 3 heterocycles. The molecule has 7 nitrogen and oxygen atoms in total. The van der Waals surface area contributed by atoms with Gasteiger partial charge in [-0.05, 0) is 46.0 Å². The Morgan fingerprint density at radius 3 is 1.12 bits per heavy atom. The third-order valence-electron chi connectivity index (χ3n) is 10.3. The molecule has 60 heavy (non-hydrogen) atoms. The highest BCUT2D eigenvalue weighted by Gasteiger charge is 2.20. The Morgan fingerprint density at radius 1 is 0.217 bits per heavy atom. The second-order valence-corrected chi connectivity index (χ2v) is 14.2. The first-order valence-electron chi connectivity index (χ1n) is 19.7. The SMILES string of the molecule is c1ccc(-c2nc(-c3ccccc3)nc(-c3cccc(-c4cc(-c5cccnc5)ccc4-c4ccccc4-c4nc(-c5ccccc5)nc(-c5ccccc5)n4)c3)n2)cc1. The Hall–Kier alpha value is -8.29. The minimum Gasteiger partial charge on any atom is -0.264 e. The third kappa shape index (κ3) is 7.46. The quantitative estimate of drug-likeness (QED) is 0.144. The topological polar surface area (TPSA) is 90.2 Å². The summed E-state index contributed by atoms with van der Waals surface area (Å²) in [4.78, 5) is 34.7. The summed E-state index contributed by atoms with van der Waals surface area (Å²) >= 11 is 0. The zero-order chi connectivity index (χ0) is 40.1. The Morgan fingerprint density at radius 2 is 0.617 bits per heavy atom. The van der Waals surface area contributed by atoms with Gasteiger partial charge in [-0.25, -0.2) is 29.9 Å². The molecular weight excluding hydrogens is 735 g/mol. The number of nitrogens with zero attached hydrogens (tertiary/aromatic N) is 7. The van der Waals surface area contributed by atoms with Gasteiger partial charge in [-0.2, -0.15) is 0 Å². The third-order valence-corrected chi connectivity index (χ3v) is 10.3. The summed E-state index contributed by atoms with van der Waals surface area (Å²) in [6.45, 7) is 0. The van der Waals surface area contributed by atoms with Crippen molar-refractivity contribution in [3.05, 3.63) is 213 Å². The summed E-state index contributed by atoms with van der Waals surface area (Å²) in [5.74, 6) is 3.61. The first-order valence-corrected chi connectivity index (χ1v) is 19.7. The van der Waals surface area contributed by atoms with Crippen LogP contribution >= 0.6 is 0 Å². The summed E-state index contributed by atoms with van der Waals surface area (Å²) in [7, 11) is 0. The van der Waals surface area contributed by atoms with Gasteiger partial charge in [-0.1, -0.05) is 182 Å². The molecular formula is C53H35N7. The minimum absolute atomic E-state index is 0.585. The summed E-state index contributed by atoms with van der Waals surface area (Å²) < 4.78 is 0. The Balaban J connectivity index is 1.16. The van der Waals surface area contributed by atoms with Crippen LogP contribution in [0.2, 0.25) is 0 Å². The molecule has 7 heteroatoms. The van der Waals surface area contributed by atoms with Crippen molar-refractivity contribution in [2.45, 2.75) is 0 Å². The number of benzene rings is 7. The minimum atomic E-state index is 0.585. The van der Waals surface area contributed by atoms with E-state index in [1.807, 2.05) is 140 Å². The molecule has 0 aliphatic carbocycles. The predicted molar refractivity (Wildman–Crippen MR) is 240 cm³/mol. The Kier molecular flexibility index (Phi) is 9.79. The fourth-order valence-electron chi connectivity index (χ4n) is 7.34. The maximum Gasteiger partial charge on any atom is 0.164 e. The molecule has 7 aromatic carbocycles. The van der Waals surface area contributed by atoms with Gasteiger partial charge in [0.2, 0.25) is 0 Å². The molecule has 0 fully saturated rings. The van der Waals surface area contributed by atoms with Crippen LogP contribution in [0.4, 0.5) is 0 Å². The molecule has 0 saturated heterocycles. The van der Waals surface area contributed by atoms with Crippen LogP contribution in [-0.4, -0.2) is 34.9 Å². The van der Waals surface area contributed by atoms with Gasteiger partial charge < -0.3 is 0 Å². The van der Waals surface area contributed by atoms with E-state index in [0.29, 0.717) is 34.9 Å². The van der Waals surface area contributed by atoms with Crippen molar-refractivity contribution >= 4 is 0 Å². The fraction of sp³-hybridized carbons (Fsp3) is 0. The van der Waals surface area contributed by atoms with Gasteiger partial charge in [0.25, 0.3) is 0 Å². The van der Waals surface area contributed by atoms with E-state index in [1.165, 1.54) is 0 Å². The van der Waals surface area contributed by atoms with Crippen LogP contribution in [0.3, 0.4) is 0 Å². The van der Waals surface area contributed by atoms with Crippen LogP contribution in [0.1, 0.15) is 0 Å². The predicted octanol–water partition coefficient (Wildman–Crippen LogP) is 12.5. The standard InChI is InChI=1S/C53H35N7/c1-5-17-36(18-6-1)48-55-49(37-19-7-2-8-20-37)58-52(57-48)42-26-15-25-41(33-42)47-34-40(43-27-16-32-54-35-43)30-31-45(47)44-28-13-14-29-46(44)53-59-50(38-21-9-3-10-22-38)56-51(60-53)39-23-11-4-12-24-39/h1-35H. The monoisotopic (exact) mass is 769 g/mol. The van der Waals surface area contributed by atoms with Crippen molar-refractivity contribution in [2.75, 3.05) is 0 Å². The number of rotatable bonds is 9. The van der Waals surface area contributed by atoms with Crippen LogP contribution in [0.25, 0.3) is 102 Å². The molecule has 0 spiro atoms. The largest absolute Gasteiger partial charge is 0.264 e. The van der Waals surface area contributed by atoms with Gasteiger partial charge >= 0.3 is 0 Å². The number of aromatic nitrogens is 7. The molecule has 3 aromatic heterocycles. The van der Waals surface area contributed by atoms with Crippen molar-refractivity contribution in [3.63, 3.8) is 0 Å². The van der Waals surface area contributed by atoms with Crippen LogP contribution in [0.5, 0.6) is 0 Å². The zero-order valence-electron chi connectivity index (χ0n) is 32.3. The molecule has 10 aromatic rings. The van der Waals surface area contributed by atoms with E-state index < -0.39 is 0 Å². The van der Waals surface area contributed by atoms with E-state index in [1.54, 1.807) is 6.20 Å².